The van der Waals surface area contributed by atoms with Gasteiger partial charge in [-0.25, -0.2) is 5.10 Å². The maximum Gasteiger partial charge on any atom is 0.216 e. The van der Waals surface area contributed by atoms with E-state index in [1.54, 1.807) is 36.5 Å². The third-order valence-electron chi connectivity index (χ3n) is 3.03. The van der Waals surface area contributed by atoms with Gasteiger partial charge in [0.15, 0.2) is 5.82 Å². The molecule has 0 aliphatic heterocycles. The van der Waals surface area contributed by atoms with Crippen molar-refractivity contribution < 1.29 is 0 Å². The molecule has 0 radical (unpaired) electrons. The van der Waals surface area contributed by atoms with Crippen molar-refractivity contribution in [3.05, 3.63) is 67.9 Å². The van der Waals surface area contributed by atoms with Gasteiger partial charge in [-0.3, -0.25) is 0 Å². The Bertz CT molecular complexity index is 946. The van der Waals surface area contributed by atoms with Gasteiger partial charge < -0.3 is 0 Å². The molecule has 0 saturated carbocycles. The summed E-state index contributed by atoms with van der Waals surface area (Å²) < 4.78 is 1.85. The van der Waals surface area contributed by atoms with Crippen LogP contribution in [0.4, 0.5) is 0 Å². The maximum atomic E-state index is 6.15. The number of rotatable bonds is 3. The highest BCUT2D eigenvalue weighted by molar-refractivity contribution is 7.71. The van der Waals surface area contributed by atoms with Gasteiger partial charge in [-0.2, -0.15) is 14.9 Å². The van der Waals surface area contributed by atoms with E-state index in [1.807, 2.05) is 12.1 Å². The van der Waals surface area contributed by atoms with Gasteiger partial charge in [0.05, 0.1) is 16.3 Å². The van der Waals surface area contributed by atoms with Gasteiger partial charge in [0, 0.05) is 16.1 Å². The highest BCUT2D eigenvalue weighted by Gasteiger charge is 2.09. The highest BCUT2D eigenvalue weighted by Crippen LogP contribution is 2.25. The molecule has 1 N–H and O–H groups in total. The Kier molecular flexibility index (Phi) is 4.82. The molecular weight excluding hydrogens is 375 g/mol. The zero-order chi connectivity index (χ0) is 16.4. The first-order chi connectivity index (χ1) is 11.1. The summed E-state index contributed by atoms with van der Waals surface area (Å²) in [5.41, 5.74) is 1.47. The molecule has 0 aliphatic carbocycles. The summed E-state index contributed by atoms with van der Waals surface area (Å²) in [5.74, 6) is 0.548. The van der Waals surface area contributed by atoms with Crippen molar-refractivity contribution in [1.82, 2.24) is 14.9 Å². The lowest BCUT2D eigenvalue weighted by Gasteiger charge is -2.02. The molecule has 0 aliphatic rings. The van der Waals surface area contributed by atoms with Crippen LogP contribution in [0.15, 0.2) is 47.6 Å². The maximum absolute atomic E-state index is 6.15. The van der Waals surface area contributed by atoms with Crippen LogP contribution in [0.1, 0.15) is 5.56 Å². The van der Waals surface area contributed by atoms with E-state index in [0.717, 1.165) is 5.56 Å². The summed E-state index contributed by atoms with van der Waals surface area (Å²) in [5, 5.41) is 12.8. The second kappa shape index (κ2) is 6.84. The van der Waals surface area contributed by atoms with Gasteiger partial charge in [0.1, 0.15) is 0 Å². The Balaban J connectivity index is 2.04. The summed E-state index contributed by atoms with van der Waals surface area (Å²) in [6.07, 6.45) is 1.58. The van der Waals surface area contributed by atoms with Gasteiger partial charge in [-0.1, -0.05) is 59.1 Å². The summed E-state index contributed by atoms with van der Waals surface area (Å²) in [6, 6.07) is 12.6. The molecule has 0 bridgehead atoms. The van der Waals surface area contributed by atoms with Crippen LogP contribution in [0.3, 0.4) is 0 Å². The smallest absolute Gasteiger partial charge is 0.216 e. The fourth-order valence-electron chi connectivity index (χ4n) is 1.95. The van der Waals surface area contributed by atoms with Crippen LogP contribution in [0, 0.1) is 4.77 Å². The third-order valence-corrected chi connectivity index (χ3v) is 4.36. The van der Waals surface area contributed by atoms with Crippen molar-refractivity contribution in [1.29, 1.82) is 0 Å². The average Bonchev–Trinajstić information content (AvgIpc) is 2.90. The third kappa shape index (κ3) is 3.48. The number of aromatic nitrogens is 3. The Morgan fingerprint density at radius 3 is 2.70 bits per heavy atom. The Morgan fingerprint density at radius 2 is 1.91 bits per heavy atom. The minimum absolute atomic E-state index is 0.356. The molecule has 3 aromatic rings. The van der Waals surface area contributed by atoms with Crippen molar-refractivity contribution in [2.45, 2.75) is 0 Å². The van der Waals surface area contributed by atoms with E-state index in [2.05, 4.69) is 15.3 Å². The van der Waals surface area contributed by atoms with Crippen LogP contribution in [0.25, 0.3) is 11.4 Å². The lowest BCUT2D eigenvalue weighted by molar-refractivity contribution is 0.871. The minimum atomic E-state index is 0.356. The standard InChI is InChI=1S/C15H9Cl3N4S/c16-11-5-1-3-9(7-11)14-20-21-15(23)22(14)19-8-10-4-2-6-12(17)13(10)18/h1-8H,(H,21,23)/b19-8+. The van der Waals surface area contributed by atoms with Crippen LogP contribution in [0.5, 0.6) is 0 Å². The van der Waals surface area contributed by atoms with Crippen LogP contribution >= 0.6 is 47.0 Å². The molecule has 4 nitrogen and oxygen atoms in total. The molecule has 3 rings (SSSR count). The summed E-state index contributed by atoms with van der Waals surface area (Å²) >= 11 is 23.4. The molecule has 0 atom stereocenters. The van der Waals surface area contributed by atoms with E-state index in [4.69, 9.17) is 47.0 Å². The Morgan fingerprint density at radius 1 is 1.13 bits per heavy atom. The van der Waals surface area contributed by atoms with Crippen LogP contribution in [-0.2, 0) is 0 Å². The molecule has 1 aromatic heterocycles. The van der Waals surface area contributed by atoms with Gasteiger partial charge in [0.25, 0.3) is 0 Å². The van der Waals surface area contributed by atoms with E-state index in [0.29, 0.717) is 31.2 Å². The fraction of sp³-hybridized carbons (Fsp3) is 0. The van der Waals surface area contributed by atoms with Gasteiger partial charge >= 0.3 is 0 Å². The van der Waals surface area contributed by atoms with Gasteiger partial charge in [-0.05, 0) is 30.4 Å². The Labute approximate surface area is 152 Å². The number of hydrogen-bond acceptors (Lipinski definition) is 3. The number of nitrogens with zero attached hydrogens (tertiary/aromatic N) is 3. The van der Waals surface area contributed by atoms with E-state index in [1.165, 1.54) is 4.68 Å². The topological polar surface area (TPSA) is 46.0 Å². The number of nitrogens with one attached hydrogen (secondary N) is 1. The molecule has 116 valence electrons. The second-order valence-electron chi connectivity index (χ2n) is 4.56. The molecule has 0 spiro atoms. The van der Waals surface area contributed by atoms with Gasteiger partial charge in [-0.15, -0.1) is 0 Å². The van der Waals surface area contributed by atoms with Crippen LogP contribution in [0.2, 0.25) is 15.1 Å². The molecule has 0 saturated heterocycles. The number of hydrogen-bond donors (Lipinski definition) is 1. The molecule has 1 heterocycles. The van der Waals surface area contributed by atoms with Gasteiger partial charge in [0.2, 0.25) is 4.77 Å². The van der Waals surface area contributed by atoms with E-state index < -0.39 is 0 Å². The lowest BCUT2D eigenvalue weighted by Crippen LogP contribution is -1.95. The molecule has 0 amide bonds. The Hall–Kier alpha value is -1.66. The van der Waals surface area contributed by atoms with Crippen LogP contribution in [-0.4, -0.2) is 21.1 Å². The highest BCUT2D eigenvalue weighted by atomic mass is 35.5. The number of H-pyrrole nitrogens is 1. The SMILES string of the molecule is S=c1[nH]nc(-c2cccc(Cl)c2)n1/N=C/c1cccc(Cl)c1Cl. The largest absolute Gasteiger partial charge is 0.250 e. The summed E-state index contributed by atoms with van der Waals surface area (Å²) in [6.45, 7) is 0. The van der Waals surface area contributed by atoms with Crippen molar-refractivity contribution in [3.63, 3.8) is 0 Å². The van der Waals surface area contributed by atoms with Crippen molar-refractivity contribution in [2.75, 3.05) is 0 Å². The van der Waals surface area contributed by atoms with E-state index in [9.17, 15) is 0 Å². The molecule has 2 aromatic carbocycles. The number of benzene rings is 2. The van der Waals surface area contributed by atoms with E-state index in [-0.39, 0.29) is 0 Å². The average molecular weight is 384 g/mol. The fourth-order valence-corrected chi connectivity index (χ4v) is 2.68. The monoisotopic (exact) mass is 382 g/mol. The predicted octanol–water partition coefficient (Wildman–Crippen LogP) is 5.45. The van der Waals surface area contributed by atoms with Crippen molar-refractivity contribution in [2.24, 2.45) is 5.10 Å². The quantitative estimate of drug-likeness (QED) is 0.483. The zero-order valence-corrected chi connectivity index (χ0v) is 14.6. The molecule has 23 heavy (non-hydrogen) atoms. The number of aromatic amines is 1. The molecule has 8 heteroatoms. The first-order valence-corrected chi connectivity index (χ1v) is 8.02. The molecular formula is C15H9Cl3N4S. The van der Waals surface area contributed by atoms with Crippen molar-refractivity contribution in [3.8, 4) is 11.4 Å². The zero-order valence-electron chi connectivity index (χ0n) is 11.5. The molecule has 0 unspecified atom stereocenters. The summed E-state index contributed by atoms with van der Waals surface area (Å²) in [7, 11) is 0. The number of halogens is 3. The van der Waals surface area contributed by atoms with Crippen LogP contribution < -0.4 is 0 Å². The minimum Gasteiger partial charge on any atom is -0.250 e. The first-order valence-electron chi connectivity index (χ1n) is 6.48. The van der Waals surface area contributed by atoms with Crippen molar-refractivity contribution >= 4 is 53.2 Å². The van der Waals surface area contributed by atoms with E-state index >= 15 is 0 Å². The lowest BCUT2D eigenvalue weighted by atomic mass is 10.2. The summed E-state index contributed by atoms with van der Waals surface area (Å²) in [4.78, 5) is 0. The predicted molar refractivity (Wildman–Crippen MR) is 97.3 cm³/mol. The first kappa shape index (κ1) is 16.2. The second-order valence-corrected chi connectivity index (χ2v) is 6.17. The molecule has 0 fully saturated rings. The normalized spacial score (nSPS) is 11.3.